The molecule has 1 aliphatic carbocycles. The Morgan fingerprint density at radius 3 is 2.94 bits per heavy atom. The third-order valence-electron chi connectivity index (χ3n) is 3.87. The molecule has 1 aliphatic rings. The molecule has 18 heavy (non-hydrogen) atoms. The second kappa shape index (κ2) is 5.38. The highest BCUT2D eigenvalue weighted by atomic mass is 15.2. The molecule has 0 saturated heterocycles. The Labute approximate surface area is 109 Å². The molecule has 0 spiro atoms. The van der Waals surface area contributed by atoms with Gasteiger partial charge in [-0.2, -0.15) is 0 Å². The maximum absolute atomic E-state index is 7.48. The van der Waals surface area contributed by atoms with Crippen molar-refractivity contribution >= 4 is 11.7 Å². The van der Waals surface area contributed by atoms with E-state index in [1.165, 1.54) is 25.7 Å². The summed E-state index contributed by atoms with van der Waals surface area (Å²) in [5.74, 6) is 1.81. The molecule has 1 fully saturated rings. The first kappa shape index (κ1) is 12.9. The molecule has 0 amide bonds. The minimum absolute atomic E-state index is 0.101. The first-order valence-corrected chi connectivity index (χ1v) is 6.61. The van der Waals surface area contributed by atoms with E-state index in [4.69, 9.17) is 11.1 Å². The van der Waals surface area contributed by atoms with Crippen LogP contribution in [0.15, 0.2) is 18.3 Å². The van der Waals surface area contributed by atoms with Gasteiger partial charge in [0, 0.05) is 24.8 Å². The van der Waals surface area contributed by atoms with Gasteiger partial charge in [0.25, 0.3) is 0 Å². The molecule has 0 aliphatic heterocycles. The van der Waals surface area contributed by atoms with Gasteiger partial charge < -0.3 is 10.6 Å². The van der Waals surface area contributed by atoms with Crippen LogP contribution >= 0.6 is 0 Å². The molecular weight excluding hydrogens is 224 g/mol. The van der Waals surface area contributed by atoms with Gasteiger partial charge in [0.2, 0.25) is 0 Å². The Morgan fingerprint density at radius 1 is 1.50 bits per heavy atom. The summed E-state index contributed by atoms with van der Waals surface area (Å²) in [6, 6.07) is 4.24. The highest BCUT2D eigenvalue weighted by Crippen LogP contribution is 2.28. The smallest absolute Gasteiger partial charge is 0.129 e. The average molecular weight is 246 g/mol. The number of hydrogen-bond donors (Lipinski definition) is 2. The van der Waals surface area contributed by atoms with Crippen LogP contribution in [0.25, 0.3) is 0 Å². The van der Waals surface area contributed by atoms with Crippen LogP contribution in [0.2, 0.25) is 0 Å². The zero-order valence-corrected chi connectivity index (χ0v) is 11.2. The first-order chi connectivity index (χ1) is 8.58. The molecule has 98 valence electrons. The normalized spacial score (nSPS) is 23.7. The molecule has 1 aromatic heterocycles. The van der Waals surface area contributed by atoms with Crippen molar-refractivity contribution in [3.8, 4) is 0 Å². The number of aromatic nitrogens is 1. The number of nitrogen functional groups attached to an aromatic ring is 1. The van der Waals surface area contributed by atoms with E-state index < -0.39 is 0 Å². The minimum atomic E-state index is 0.101. The van der Waals surface area contributed by atoms with Gasteiger partial charge in [0.1, 0.15) is 11.7 Å². The van der Waals surface area contributed by atoms with Gasteiger partial charge >= 0.3 is 0 Å². The minimum Gasteiger partial charge on any atom is -0.384 e. The molecule has 3 N–H and O–H groups in total. The average Bonchev–Trinajstić information content (AvgIpc) is 2.38. The molecule has 1 heterocycles. The number of pyridine rings is 1. The molecule has 0 bridgehead atoms. The van der Waals surface area contributed by atoms with Crippen molar-refractivity contribution in [1.29, 1.82) is 5.41 Å². The molecule has 2 atom stereocenters. The van der Waals surface area contributed by atoms with Crippen molar-refractivity contribution in [2.75, 3.05) is 11.9 Å². The van der Waals surface area contributed by atoms with E-state index in [9.17, 15) is 0 Å². The van der Waals surface area contributed by atoms with Gasteiger partial charge in [0.05, 0.1) is 0 Å². The molecule has 4 heteroatoms. The van der Waals surface area contributed by atoms with Gasteiger partial charge in [-0.05, 0) is 30.9 Å². The Morgan fingerprint density at radius 2 is 2.28 bits per heavy atom. The molecule has 0 radical (unpaired) electrons. The number of nitrogens with two attached hydrogens (primary N) is 1. The molecule has 1 saturated carbocycles. The van der Waals surface area contributed by atoms with Crippen molar-refractivity contribution < 1.29 is 0 Å². The summed E-state index contributed by atoms with van der Waals surface area (Å²) in [5.41, 5.74) is 6.27. The molecule has 0 aromatic carbocycles. The number of anilines is 1. The van der Waals surface area contributed by atoms with Gasteiger partial charge in [0.15, 0.2) is 0 Å². The van der Waals surface area contributed by atoms with Gasteiger partial charge in [-0.15, -0.1) is 0 Å². The fourth-order valence-electron chi connectivity index (χ4n) is 2.72. The molecular formula is C14H22N4. The van der Waals surface area contributed by atoms with Gasteiger partial charge in [-0.1, -0.05) is 19.8 Å². The summed E-state index contributed by atoms with van der Waals surface area (Å²) in [6.07, 6.45) is 6.82. The third-order valence-corrected chi connectivity index (χ3v) is 3.87. The lowest BCUT2D eigenvalue weighted by molar-refractivity contribution is 0.335. The second-order valence-corrected chi connectivity index (χ2v) is 5.35. The lowest BCUT2D eigenvalue weighted by atomic mass is 9.86. The maximum atomic E-state index is 7.48. The highest BCUT2D eigenvalue weighted by molar-refractivity contribution is 5.95. The number of amidine groups is 1. The lowest BCUT2D eigenvalue weighted by Crippen LogP contribution is -2.36. The quantitative estimate of drug-likeness (QED) is 0.635. The van der Waals surface area contributed by atoms with Crippen LogP contribution in [0.3, 0.4) is 0 Å². The van der Waals surface area contributed by atoms with Crippen LogP contribution in [0.1, 0.15) is 38.2 Å². The topological polar surface area (TPSA) is 66.0 Å². The van der Waals surface area contributed by atoms with Crippen LogP contribution in [-0.2, 0) is 0 Å². The highest BCUT2D eigenvalue weighted by Gasteiger charge is 2.23. The second-order valence-electron chi connectivity index (χ2n) is 5.35. The summed E-state index contributed by atoms with van der Waals surface area (Å²) in [5, 5.41) is 7.48. The van der Waals surface area contributed by atoms with Crippen molar-refractivity contribution in [3.05, 3.63) is 23.9 Å². The predicted octanol–water partition coefficient (Wildman–Crippen LogP) is 2.38. The Hall–Kier alpha value is -1.58. The summed E-state index contributed by atoms with van der Waals surface area (Å²) in [7, 11) is 2.09. The van der Waals surface area contributed by atoms with E-state index in [0.717, 1.165) is 17.3 Å². The van der Waals surface area contributed by atoms with E-state index in [-0.39, 0.29) is 5.84 Å². The van der Waals surface area contributed by atoms with Crippen molar-refractivity contribution in [3.63, 3.8) is 0 Å². The summed E-state index contributed by atoms with van der Waals surface area (Å²) in [6.45, 7) is 2.32. The Kier molecular flexibility index (Phi) is 3.84. The fourth-order valence-corrected chi connectivity index (χ4v) is 2.72. The molecule has 2 unspecified atom stereocenters. The number of rotatable bonds is 3. The SMILES string of the molecule is CC1CCCC(N(C)c2cc(C(=N)N)ccn2)C1. The van der Waals surface area contributed by atoms with Crippen LogP contribution in [0.5, 0.6) is 0 Å². The third kappa shape index (κ3) is 2.81. The van der Waals surface area contributed by atoms with Crippen molar-refractivity contribution in [2.24, 2.45) is 11.7 Å². The fraction of sp³-hybridized carbons (Fsp3) is 0.571. The van der Waals surface area contributed by atoms with Crippen LogP contribution in [-0.4, -0.2) is 23.9 Å². The van der Waals surface area contributed by atoms with Crippen LogP contribution in [0.4, 0.5) is 5.82 Å². The van der Waals surface area contributed by atoms with Crippen LogP contribution in [0, 0.1) is 11.3 Å². The Balaban J connectivity index is 2.14. The van der Waals surface area contributed by atoms with Gasteiger partial charge in [-0.25, -0.2) is 4.98 Å². The largest absolute Gasteiger partial charge is 0.384 e. The lowest BCUT2D eigenvalue weighted by Gasteiger charge is -2.35. The molecule has 1 aromatic rings. The summed E-state index contributed by atoms with van der Waals surface area (Å²) >= 11 is 0. The number of nitrogens with one attached hydrogen (secondary N) is 1. The maximum Gasteiger partial charge on any atom is 0.129 e. The first-order valence-electron chi connectivity index (χ1n) is 6.61. The van der Waals surface area contributed by atoms with Crippen molar-refractivity contribution in [2.45, 2.75) is 38.6 Å². The molecule has 4 nitrogen and oxygen atoms in total. The predicted molar refractivity (Wildman–Crippen MR) is 75.1 cm³/mol. The number of hydrogen-bond acceptors (Lipinski definition) is 3. The zero-order valence-electron chi connectivity index (χ0n) is 11.2. The summed E-state index contributed by atoms with van der Waals surface area (Å²) < 4.78 is 0. The summed E-state index contributed by atoms with van der Waals surface area (Å²) in [4.78, 5) is 6.63. The van der Waals surface area contributed by atoms with Gasteiger partial charge in [-0.3, -0.25) is 5.41 Å². The monoisotopic (exact) mass is 246 g/mol. The van der Waals surface area contributed by atoms with Crippen molar-refractivity contribution in [1.82, 2.24) is 4.98 Å². The standard InChI is InChI=1S/C14H22N4/c1-10-4-3-5-12(8-10)18(2)13-9-11(14(15)16)6-7-17-13/h6-7,9-10,12H,3-5,8H2,1-2H3,(H3,15,16). The van der Waals surface area contributed by atoms with E-state index in [0.29, 0.717) is 6.04 Å². The van der Waals surface area contributed by atoms with E-state index in [2.05, 4.69) is 23.9 Å². The van der Waals surface area contributed by atoms with E-state index in [1.54, 1.807) is 12.3 Å². The van der Waals surface area contributed by atoms with E-state index in [1.807, 2.05) is 6.07 Å². The molecule has 2 rings (SSSR count). The number of nitrogens with zero attached hydrogens (tertiary/aromatic N) is 2. The van der Waals surface area contributed by atoms with Crippen LogP contribution < -0.4 is 10.6 Å². The van der Waals surface area contributed by atoms with E-state index >= 15 is 0 Å². The Bertz CT molecular complexity index is 430. The zero-order chi connectivity index (χ0) is 13.1.